The van der Waals surface area contributed by atoms with Gasteiger partial charge < -0.3 is 24.3 Å². The van der Waals surface area contributed by atoms with E-state index in [0.717, 1.165) is 0 Å². The highest BCUT2D eigenvalue weighted by atomic mass is 16.8. The van der Waals surface area contributed by atoms with Crippen molar-refractivity contribution < 1.29 is 33.3 Å². The Hall–Kier alpha value is -1.67. The maximum Gasteiger partial charge on any atom is 0.293 e. The van der Waals surface area contributed by atoms with Gasteiger partial charge >= 0.3 is 0 Å². The van der Waals surface area contributed by atoms with Crippen molar-refractivity contribution in [3.05, 3.63) is 0 Å². The number of rotatable bonds is 6. The Balaban J connectivity index is 2.03. The summed E-state index contributed by atoms with van der Waals surface area (Å²) in [5.41, 5.74) is 0. The highest BCUT2D eigenvalue weighted by molar-refractivity contribution is 5.73. The Morgan fingerprint density at radius 1 is 1.33 bits per heavy atom. The van der Waals surface area contributed by atoms with Gasteiger partial charge in [0.05, 0.1) is 0 Å². The van der Waals surface area contributed by atoms with Crippen LogP contribution in [0.5, 0.6) is 0 Å². The van der Waals surface area contributed by atoms with Crippen molar-refractivity contribution in [2.24, 2.45) is 0 Å². The predicted molar refractivity (Wildman–Crippen MR) is 54.1 cm³/mol. The summed E-state index contributed by atoms with van der Waals surface area (Å²) in [4.78, 5) is 31.6. The van der Waals surface area contributed by atoms with Crippen LogP contribution in [0.15, 0.2) is 0 Å². The third-order valence-corrected chi connectivity index (χ3v) is 2.85. The second kappa shape index (κ2) is 5.32. The van der Waals surface area contributed by atoms with Gasteiger partial charge in [-0.3, -0.25) is 14.4 Å². The van der Waals surface area contributed by atoms with Crippen LogP contribution in [0.25, 0.3) is 0 Å². The van der Waals surface area contributed by atoms with E-state index in [9.17, 15) is 14.4 Å². The molecule has 2 aliphatic heterocycles. The second-order valence-corrected chi connectivity index (χ2v) is 4.00. The molecule has 18 heavy (non-hydrogen) atoms. The van der Waals surface area contributed by atoms with Crippen LogP contribution in [-0.4, -0.2) is 56.1 Å². The van der Waals surface area contributed by atoms with Crippen molar-refractivity contribution in [3.8, 4) is 0 Å². The number of ether oxygens (including phenoxy) is 4. The fourth-order valence-corrected chi connectivity index (χ4v) is 2.22. The number of fused-ring (bicyclic) bond motifs is 2. The first-order valence-corrected chi connectivity index (χ1v) is 5.39. The highest BCUT2D eigenvalue weighted by Gasteiger charge is 2.57. The average molecular weight is 259 g/mol. The summed E-state index contributed by atoms with van der Waals surface area (Å²) in [7, 11) is 0. The molecule has 5 atom stereocenters. The van der Waals surface area contributed by atoms with Crippen LogP contribution in [0, 0.1) is 0 Å². The van der Waals surface area contributed by atoms with Crippen LogP contribution in [0.1, 0.15) is 6.92 Å². The fourth-order valence-electron chi connectivity index (χ4n) is 2.22. The quantitative estimate of drug-likeness (QED) is 0.569. The number of nitrogens with one attached hydrogen (secondary N) is 1. The van der Waals surface area contributed by atoms with Gasteiger partial charge in [0, 0.05) is 6.92 Å². The van der Waals surface area contributed by atoms with Crippen LogP contribution in [0.3, 0.4) is 0 Å². The summed E-state index contributed by atoms with van der Waals surface area (Å²) >= 11 is 0. The van der Waals surface area contributed by atoms with Gasteiger partial charge in [-0.05, 0) is 0 Å². The Bertz CT molecular complexity index is 345. The summed E-state index contributed by atoms with van der Waals surface area (Å²) in [5.74, 6) is -0.278. The van der Waals surface area contributed by atoms with Crippen molar-refractivity contribution in [2.75, 3.05) is 6.61 Å². The first-order chi connectivity index (χ1) is 8.67. The van der Waals surface area contributed by atoms with Gasteiger partial charge in [-0.1, -0.05) is 0 Å². The highest BCUT2D eigenvalue weighted by Crippen LogP contribution is 2.35. The Morgan fingerprint density at radius 2 is 2.11 bits per heavy atom. The molecule has 0 aromatic heterocycles. The lowest BCUT2D eigenvalue weighted by Gasteiger charge is -2.30. The van der Waals surface area contributed by atoms with Crippen molar-refractivity contribution in [1.82, 2.24) is 5.32 Å². The zero-order valence-electron chi connectivity index (χ0n) is 9.61. The maximum absolute atomic E-state index is 11.0. The molecule has 1 N–H and O–H groups in total. The van der Waals surface area contributed by atoms with Crippen molar-refractivity contribution in [1.29, 1.82) is 0 Å². The second-order valence-electron chi connectivity index (χ2n) is 4.00. The Kier molecular flexibility index (Phi) is 3.78. The molecule has 2 bridgehead atoms. The zero-order valence-corrected chi connectivity index (χ0v) is 9.61. The molecule has 0 aliphatic carbocycles. The molecule has 8 nitrogen and oxygen atoms in total. The zero-order chi connectivity index (χ0) is 13.1. The molecule has 0 radical (unpaired) electrons. The van der Waals surface area contributed by atoms with Gasteiger partial charge in [0.2, 0.25) is 5.91 Å². The molecule has 100 valence electrons. The van der Waals surface area contributed by atoms with Crippen LogP contribution in [0.2, 0.25) is 0 Å². The average Bonchev–Trinajstić information content (AvgIpc) is 2.86. The molecule has 5 unspecified atom stereocenters. The van der Waals surface area contributed by atoms with Crippen LogP contribution < -0.4 is 5.32 Å². The SMILES string of the molecule is CC(=O)NC1C2OC(COC=O)C(O2)C1OC=O. The minimum absolute atomic E-state index is 0.0101. The predicted octanol–water partition coefficient (Wildman–Crippen LogP) is -1.67. The van der Waals surface area contributed by atoms with Crippen LogP contribution in [0.4, 0.5) is 0 Å². The first-order valence-electron chi connectivity index (χ1n) is 5.39. The van der Waals surface area contributed by atoms with Gasteiger partial charge in [0.1, 0.15) is 24.9 Å². The fraction of sp³-hybridized carbons (Fsp3) is 0.700. The van der Waals surface area contributed by atoms with Gasteiger partial charge in [0.15, 0.2) is 12.4 Å². The molecular formula is C10H13NO7. The molecule has 0 aromatic rings. The van der Waals surface area contributed by atoms with E-state index in [-0.39, 0.29) is 12.5 Å². The van der Waals surface area contributed by atoms with E-state index >= 15 is 0 Å². The molecule has 2 saturated heterocycles. The van der Waals surface area contributed by atoms with Gasteiger partial charge in [-0.2, -0.15) is 0 Å². The Labute approximate surface area is 103 Å². The van der Waals surface area contributed by atoms with E-state index < -0.39 is 30.6 Å². The monoisotopic (exact) mass is 259 g/mol. The summed E-state index contributed by atoms with van der Waals surface area (Å²) in [5, 5.41) is 2.60. The number of amides is 1. The van der Waals surface area contributed by atoms with E-state index in [4.69, 9.17) is 14.2 Å². The van der Waals surface area contributed by atoms with Gasteiger partial charge in [-0.25, -0.2) is 0 Å². The number of hydrogen-bond acceptors (Lipinski definition) is 7. The van der Waals surface area contributed by atoms with E-state index in [2.05, 4.69) is 10.1 Å². The molecular weight excluding hydrogens is 246 g/mol. The van der Waals surface area contributed by atoms with Crippen LogP contribution >= 0.6 is 0 Å². The summed E-state index contributed by atoms with van der Waals surface area (Å²) in [6, 6.07) is -0.551. The molecule has 2 heterocycles. The van der Waals surface area contributed by atoms with E-state index in [1.165, 1.54) is 6.92 Å². The van der Waals surface area contributed by atoms with Gasteiger partial charge in [0.25, 0.3) is 12.9 Å². The Morgan fingerprint density at radius 3 is 2.72 bits per heavy atom. The van der Waals surface area contributed by atoms with Crippen molar-refractivity contribution in [2.45, 2.75) is 37.6 Å². The van der Waals surface area contributed by atoms with Crippen molar-refractivity contribution >= 4 is 18.9 Å². The van der Waals surface area contributed by atoms with Crippen molar-refractivity contribution in [3.63, 3.8) is 0 Å². The lowest BCUT2D eigenvalue weighted by molar-refractivity contribution is -0.150. The van der Waals surface area contributed by atoms with E-state index in [1.807, 2.05) is 0 Å². The minimum atomic E-state index is -0.705. The molecule has 1 amide bonds. The minimum Gasteiger partial charge on any atom is -0.465 e. The molecule has 0 aromatic carbocycles. The maximum atomic E-state index is 11.0. The lowest BCUT2D eigenvalue weighted by atomic mass is 10.0. The summed E-state index contributed by atoms with van der Waals surface area (Å²) < 4.78 is 20.4. The van der Waals surface area contributed by atoms with Gasteiger partial charge in [-0.15, -0.1) is 0 Å². The normalized spacial score (nSPS) is 37.1. The number of hydrogen-bond donors (Lipinski definition) is 1. The summed E-state index contributed by atoms with van der Waals surface area (Å²) in [6.07, 6.45) is -2.42. The third-order valence-electron chi connectivity index (χ3n) is 2.85. The molecule has 0 saturated carbocycles. The number of carbonyl (C=O) groups is 3. The van der Waals surface area contributed by atoms with E-state index in [1.54, 1.807) is 0 Å². The standard InChI is InChI=1S/C10H13NO7/c1-5(14)11-7-9(16-4-13)8-6(2-15-3-12)17-10(7)18-8/h3-4,6-10H,2H2,1H3,(H,11,14). The molecule has 8 heteroatoms. The molecule has 0 spiro atoms. The summed E-state index contributed by atoms with van der Waals surface area (Å²) in [6.45, 7) is 1.95. The lowest BCUT2D eigenvalue weighted by Crippen LogP contribution is -2.55. The van der Waals surface area contributed by atoms with E-state index in [0.29, 0.717) is 12.9 Å². The topological polar surface area (TPSA) is 100 Å². The van der Waals surface area contributed by atoms with Crippen LogP contribution in [-0.2, 0) is 33.3 Å². The largest absolute Gasteiger partial charge is 0.465 e. The first kappa shape index (κ1) is 12.8. The molecule has 2 rings (SSSR count). The number of carbonyl (C=O) groups excluding carboxylic acids is 3. The molecule has 2 fully saturated rings. The third kappa shape index (κ3) is 2.29. The molecule has 2 aliphatic rings. The smallest absolute Gasteiger partial charge is 0.293 e.